The first-order valence-corrected chi connectivity index (χ1v) is 7.24. The number of anilines is 1. The van der Waals surface area contributed by atoms with E-state index in [2.05, 4.69) is 10.3 Å². The van der Waals surface area contributed by atoms with Gasteiger partial charge in [0.05, 0.1) is 6.10 Å². The minimum absolute atomic E-state index is 0.115. The fourth-order valence-electron chi connectivity index (χ4n) is 2.80. The highest BCUT2D eigenvalue weighted by Gasteiger charge is 2.24. The number of hydrogen-bond donors (Lipinski definition) is 2. The Morgan fingerprint density at radius 2 is 2.24 bits per heavy atom. The van der Waals surface area contributed by atoms with E-state index in [1.807, 2.05) is 30.3 Å². The molecule has 1 atom stereocenters. The predicted molar refractivity (Wildman–Crippen MR) is 82.4 cm³/mol. The summed E-state index contributed by atoms with van der Waals surface area (Å²) in [4.78, 5) is 18.7. The molecular weight excluding hydrogens is 266 g/mol. The lowest BCUT2D eigenvalue weighted by Gasteiger charge is -2.30. The lowest BCUT2D eigenvalue weighted by atomic mass is 10.1. The summed E-state index contributed by atoms with van der Waals surface area (Å²) in [5, 5.41) is 14.7. The predicted octanol–water partition coefficient (Wildman–Crippen LogP) is 1.87. The number of pyridine rings is 1. The number of fused-ring (bicyclic) bond motifs is 1. The quantitative estimate of drug-likeness (QED) is 0.884. The second-order valence-corrected chi connectivity index (χ2v) is 5.37. The number of nitrogens with zero attached hydrogens (tertiary/aromatic N) is 2. The number of aliphatic hydroxyl groups is 1. The Morgan fingerprint density at radius 3 is 3.00 bits per heavy atom. The van der Waals surface area contributed by atoms with Crippen LogP contribution in [0.1, 0.15) is 23.3 Å². The molecule has 2 N–H and O–H groups in total. The Kier molecular flexibility index (Phi) is 3.75. The summed E-state index contributed by atoms with van der Waals surface area (Å²) in [7, 11) is 1.80. The van der Waals surface area contributed by atoms with E-state index >= 15 is 0 Å². The van der Waals surface area contributed by atoms with Gasteiger partial charge in [0.25, 0.3) is 5.91 Å². The summed E-state index contributed by atoms with van der Waals surface area (Å²) >= 11 is 0. The molecule has 110 valence electrons. The molecule has 2 heterocycles. The van der Waals surface area contributed by atoms with E-state index in [9.17, 15) is 9.90 Å². The Hall–Kier alpha value is -2.14. The fourth-order valence-corrected chi connectivity index (χ4v) is 2.80. The number of aromatic nitrogens is 1. The Balaban J connectivity index is 1.98. The SMILES string of the molecule is CNc1nc(C(=O)N2CCCC(O)C2)cc2ccccc12. The number of piperidine rings is 1. The van der Waals surface area contributed by atoms with Crippen molar-refractivity contribution in [3.05, 3.63) is 36.0 Å². The molecule has 5 heteroatoms. The third kappa shape index (κ3) is 2.69. The summed E-state index contributed by atoms with van der Waals surface area (Å²) in [6.07, 6.45) is 1.17. The number of carbonyl (C=O) groups excluding carboxylic acids is 1. The van der Waals surface area contributed by atoms with Gasteiger partial charge in [0, 0.05) is 25.5 Å². The van der Waals surface area contributed by atoms with Gasteiger partial charge in [-0.15, -0.1) is 0 Å². The highest BCUT2D eigenvalue weighted by Crippen LogP contribution is 2.23. The van der Waals surface area contributed by atoms with Crippen molar-refractivity contribution in [1.29, 1.82) is 0 Å². The summed E-state index contributed by atoms with van der Waals surface area (Å²) in [6.45, 7) is 1.07. The second-order valence-electron chi connectivity index (χ2n) is 5.37. The molecule has 1 aromatic heterocycles. The Bertz CT molecular complexity index is 672. The molecule has 0 radical (unpaired) electrons. The molecule has 5 nitrogen and oxygen atoms in total. The number of amides is 1. The number of aliphatic hydroxyl groups excluding tert-OH is 1. The molecular formula is C16H19N3O2. The highest BCUT2D eigenvalue weighted by atomic mass is 16.3. The van der Waals surface area contributed by atoms with Crippen LogP contribution in [-0.4, -0.2) is 47.1 Å². The van der Waals surface area contributed by atoms with Crippen LogP contribution in [0.3, 0.4) is 0 Å². The minimum atomic E-state index is -0.424. The van der Waals surface area contributed by atoms with Crippen LogP contribution in [-0.2, 0) is 0 Å². The van der Waals surface area contributed by atoms with Crippen LogP contribution in [0.4, 0.5) is 5.82 Å². The Morgan fingerprint density at radius 1 is 1.43 bits per heavy atom. The summed E-state index contributed by atoms with van der Waals surface area (Å²) in [6, 6.07) is 9.67. The molecule has 0 spiro atoms. The van der Waals surface area contributed by atoms with Gasteiger partial charge < -0.3 is 15.3 Å². The zero-order chi connectivity index (χ0) is 14.8. The standard InChI is InChI=1S/C16H19N3O2/c1-17-15-13-7-3-2-5-11(13)9-14(18-15)16(21)19-8-4-6-12(20)10-19/h2-3,5,7,9,12,20H,4,6,8,10H2,1H3,(H,17,18). The van der Waals surface area contributed by atoms with Gasteiger partial charge in [-0.05, 0) is 24.3 Å². The van der Waals surface area contributed by atoms with Gasteiger partial charge in [0.2, 0.25) is 0 Å². The van der Waals surface area contributed by atoms with Crippen LogP contribution in [0.25, 0.3) is 10.8 Å². The number of nitrogens with one attached hydrogen (secondary N) is 1. The largest absolute Gasteiger partial charge is 0.391 e. The number of carbonyl (C=O) groups is 1. The lowest BCUT2D eigenvalue weighted by molar-refractivity contribution is 0.0469. The van der Waals surface area contributed by atoms with Gasteiger partial charge in [-0.25, -0.2) is 4.98 Å². The maximum atomic E-state index is 12.6. The average Bonchev–Trinajstić information content (AvgIpc) is 2.53. The zero-order valence-electron chi connectivity index (χ0n) is 12.0. The van der Waals surface area contributed by atoms with Gasteiger partial charge in [0.1, 0.15) is 11.5 Å². The minimum Gasteiger partial charge on any atom is -0.391 e. The van der Waals surface area contributed by atoms with Crippen LogP contribution in [0, 0.1) is 0 Å². The van der Waals surface area contributed by atoms with Crippen molar-refractivity contribution in [2.75, 3.05) is 25.5 Å². The monoisotopic (exact) mass is 285 g/mol. The van der Waals surface area contributed by atoms with E-state index in [0.717, 1.165) is 23.6 Å². The van der Waals surface area contributed by atoms with Crippen LogP contribution < -0.4 is 5.32 Å². The third-order valence-corrected chi connectivity index (χ3v) is 3.88. The van der Waals surface area contributed by atoms with Gasteiger partial charge in [0.15, 0.2) is 0 Å². The van der Waals surface area contributed by atoms with E-state index in [1.54, 1.807) is 11.9 Å². The molecule has 2 aromatic rings. The molecule has 1 unspecified atom stereocenters. The van der Waals surface area contributed by atoms with Gasteiger partial charge in [-0.3, -0.25) is 4.79 Å². The van der Waals surface area contributed by atoms with E-state index in [1.165, 1.54) is 0 Å². The number of hydrogen-bond acceptors (Lipinski definition) is 4. The van der Waals surface area contributed by atoms with Crippen LogP contribution in [0.15, 0.2) is 30.3 Å². The topological polar surface area (TPSA) is 65.5 Å². The summed E-state index contributed by atoms with van der Waals surface area (Å²) in [5.74, 6) is 0.588. The van der Waals surface area contributed by atoms with E-state index in [-0.39, 0.29) is 5.91 Å². The summed E-state index contributed by atoms with van der Waals surface area (Å²) in [5.41, 5.74) is 0.423. The number of likely N-dealkylation sites (tertiary alicyclic amines) is 1. The highest BCUT2D eigenvalue weighted by molar-refractivity contribution is 6.00. The molecule has 0 saturated carbocycles. The molecule has 1 aromatic carbocycles. The molecule has 3 rings (SSSR count). The normalized spacial score (nSPS) is 18.8. The van der Waals surface area contributed by atoms with Crippen molar-refractivity contribution in [2.24, 2.45) is 0 Å². The first kappa shape index (κ1) is 13.8. The van der Waals surface area contributed by atoms with E-state index in [4.69, 9.17) is 0 Å². The van der Waals surface area contributed by atoms with Crippen molar-refractivity contribution in [3.63, 3.8) is 0 Å². The van der Waals surface area contributed by atoms with Crippen molar-refractivity contribution >= 4 is 22.5 Å². The molecule has 1 fully saturated rings. The molecule has 0 bridgehead atoms. The van der Waals surface area contributed by atoms with E-state index in [0.29, 0.717) is 24.6 Å². The first-order chi connectivity index (χ1) is 10.2. The molecule has 21 heavy (non-hydrogen) atoms. The second kappa shape index (κ2) is 5.69. The lowest BCUT2D eigenvalue weighted by Crippen LogP contribution is -2.42. The van der Waals surface area contributed by atoms with E-state index < -0.39 is 6.10 Å². The van der Waals surface area contributed by atoms with Crippen molar-refractivity contribution in [1.82, 2.24) is 9.88 Å². The van der Waals surface area contributed by atoms with Gasteiger partial charge in [-0.2, -0.15) is 0 Å². The van der Waals surface area contributed by atoms with Crippen LogP contribution in [0.5, 0.6) is 0 Å². The smallest absolute Gasteiger partial charge is 0.272 e. The van der Waals surface area contributed by atoms with Gasteiger partial charge in [-0.1, -0.05) is 24.3 Å². The van der Waals surface area contributed by atoms with Crippen molar-refractivity contribution < 1.29 is 9.90 Å². The van der Waals surface area contributed by atoms with Crippen molar-refractivity contribution in [2.45, 2.75) is 18.9 Å². The fraction of sp³-hybridized carbons (Fsp3) is 0.375. The van der Waals surface area contributed by atoms with Gasteiger partial charge >= 0.3 is 0 Å². The maximum absolute atomic E-state index is 12.6. The Labute approximate surface area is 123 Å². The zero-order valence-corrected chi connectivity index (χ0v) is 12.0. The van der Waals surface area contributed by atoms with Crippen molar-refractivity contribution in [3.8, 4) is 0 Å². The average molecular weight is 285 g/mol. The number of rotatable bonds is 2. The third-order valence-electron chi connectivity index (χ3n) is 3.88. The van der Waals surface area contributed by atoms with Crippen LogP contribution >= 0.6 is 0 Å². The van der Waals surface area contributed by atoms with Crippen LogP contribution in [0.2, 0.25) is 0 Å². The molecule has 1 aliphatic rings. The number of β-amino-alcohol motifs (C(OH)–C–C–N with tert-alkyl or cyclic N) is 1. The first-order valence-electron chi connectivity index (χ1n) is 7.24. The summed E-state index contributed by atoms with van der Waals surface area (Å²) < 4.78 is 0. The maximum Gasteiger partial charge on any atom is 0.272 e. The molecule has 1 amide bonds. The molecule has 1 saturated heterocycles. The molecule has 1 aliphatic heterocycles. The molecule has 0 aliphatic carbocycles. The number of benzene rings is 1.